The molecular formula is C20H20ClF2N5O. The summed E-state index contributed by atoms with van der Waals surface area (Å²) < 4.78 is 36.8. The first-order chi connectivity index (χ1) is 14.0. The summed E-state index contributed by atoms with van der Waals surface area (Å²) in [6.07, 6.45) is 5.58. The lowest BCUT2D eigenvalue weighted by Crippen LogP contribution is -2.26. The molecule has 0 amide bonds. The minimum absolute atomic E-state index is 0.0335. The average Bonchev–Trinajstić information content (AvgIpc) is 3.31. The van der Waals surface area contributed by atoms with Crippen LogP contribution in [0.15, 0.2) is 18.6 Å². The average molecular weight is 420 g/mol. The Balaban J connectivity index is 1.40. The van der Waals surface area contributed by atoms with Crippen LogP contribution in [0, 0.1) is 11.6 Å². The van der Waals surface area contributed by atoms with Crippen molar-refractivity contribution in [2.24, 2.45) is 0 Å². The van der Waals surface area contributed by atoms with E-state index < -0.39 is 5.82 Å². The zero-order valence-electron chi connectivity index (χ0n) is 15.6. The van der Waals surface area contributed by atoms with Crippen molar-refractivity contribution >= 4 is 28.5 Å². The van der Waals surface area contributed by atoms with Crippen LogP contribution in [0.4, 0.5) is 14.6 Å². The summed E-state index contributed by atoms with van der Waals surface area (Å²) >= 11 is 6.10. The Hall–Kier alpha value is -2.45. The Bertz CT molecular complexity index is 1100. The van der Waals surface area contributed by atoms with Crippen LogP contribution in [0.5, 0.6) is 5.75 Å². The van der Waals surface area contributed by atoms with Crippen LogP contribution in [-0.2, 0) is 13.0 Å². The standard InChI is InChI=1S/C20H20ClF2N5O/c21-14-6-16(13-7-25-4-3-12(13)18(14)23)29-11-2-1-10(5-11)28-8-15(22)17-19(24)26-9-27-20(17)28/h6,8-11,25H,1-5,7H2,(H2,24,26,27). The largest absolute Gasteiger partial charge is 0.490 e. The van der Waals surface area contributed by atoms with E-state index in [1.165, 1.54) is 12.5 Å². The van der Waals surface area contributed by atoms with Gasteiger partial charge in [-0.05, 0) is 31.4 Å². The Labute approximate surface area is 171 Å². The first kappa shape index (κ1) is 18.6. The second-order valence-electron chi connectivity index (χ2n) is 7.60. The van der Waals surface area contributed by atoms with Gasteiger partial charge in [0, 0.05) is 36.8 Å². The lowest BCUT2D eigenvalue weighted by Gasteiger charge is -2.24. The smallest absolute Gasteiger partial charge is 0.154 e. The molecular weight excluding hydrogens is 400 g/mol. The Morgan fingerprint density at radius 1 is 1.24 bits per heavy atom. The van der Waals surface area contributed by atoms with Crippen molar-refractivity contribution in [2.75, 3.05) is 12.3 Å². The van der Waals surface area contributed by atoms with Crippen molar-refractivity contribution in [1.29, 1.82) is 0 Å². The summed E-state index contributed by atoms with van der Waals surface area (Å²) in [6, 6.07) is 1.60. The molecule has 1 fully saturated rings. The second-order valence-corrected chi connectivity index (χ2v) is 8.01. The number of nitrogen functional groups attached to an aromatic ring is 1. The predicted molar refractivity (Wildman–Crippen MR) is 106 cm³/mol. The molecule has 2 atom stereocenters. The molecule has 1 aromatic carbocycles. The molecule has 0 saturated heterocycles. The van der Waals surface area contributed by atoms with Crippen molar-refractivity contribution in [2.45, 2.75) is 44.4 Å². The lowest BCUT2D eigenvalue weighted by molar-refractivity contribution is 0.201. The molecule has 29 heavy (non-hydrogen) atoms. The molecule has 1 aliphatic heterocycles. The number of benzene rings is 1. The molecule has 6 nitrogen and oxygen atoms in total. The van der Waals surface area contributed by atoms with Gasteiger partial charge in [-0.3, -0.25) is 0 Å². The highest BCUT2D eigenvalue weighted by atomic mass is 35.5. The van der Waals surface area contributed by atoms with Crippen LogP contribution in [-0.4, -0.2) is 27.2 Å². The van der Waals surface area contributed by atoms with Gasteiger partial charge in [0.05, 0.1) is 10.4 Å². The Morgan fingerprint density at radius 3 is 2.97 bits per heavy atom. The van der Waals surface area contributed by atoms with E-state index in [2.05, 4.69) is 15.3 Å². The summed E-state index contributed by atoms with van der Waals surface area (Å²) in [7, 11) is 0. The summed E-state index contributed by atoms with van der Waals surface area (Å²) in [5.41, 5.74) is 7.77. The Morgan fingerprint density at radius 2 is 2.10 bits per heavy atom. The maximum atomic E-state index is 14.4. The van der Waals surface area contributed by atoms with E-state index in [0.29, 0.717) is 42.9 Å². The van der Waals surface area contributed by atoms with Crippen molar-refractivity contribution in [3.63, 3.8) is 0 Å². The van der Waals surface area contributed by atoms with Crippen LogP contribution in [0.1, 0.15) is 36.4 Å². The van der Waals surface area contributed by atoms with E-state index in [-0.39, 0.29) is 34.2 Å². The third-order valence-corrected chi connectivity index (χ3v) is 6.16. The highest BCUT2D eigenvalue weighted by molar-refractivity contribution is 6.31. The molecule has 0 spiro atoms. The van der Waals surface area contributed by atoms with Gasteiger partial charge in [-0.25, -0.2) is 18.7 Å². The molecule has 1 saturated carbocycles. The molecule has 2 aromatic heterocycles. The molecule has 3 aromatic rings. The molecule has 0 bridgehead atoms. The van der Waals surface area contributed by atoms with Gasteiger partial charge >= 0.3 is 0 Å². The molecule has 9 heteroatoms. The second kappa shape index (κ2) is 7.11. The van der Waals surface area contributed by atoms with E-state index >= 15 is 0 Å². The maximum Gasteiger partial charge on any atom is 0.154 e. The number of ether oxygens (including phenoxy) is 1. The van der Waals surface area contributed by atoms with Gasteiger partial charge in [0.1, 0.15) is 35.5 Å². The van der Waals surface area contributed by atoms with Crippen LogP contribution in [0.3, 0.4) is 0 Å². The third kappa shape index (κ3) is 3.11. The van der Waals surface area contributed by atoms with Crippen LogP contribution < -0.4 is 15.8 Å². The molecule has 2 unspecified atom stereocenters. The first-order valence-electron chi connectivity index (χ1n) is 9.66. The Kier molecular flexibility index (Phi) is 4.55. The molecule has 1 aliphatic carbocycles. The van der Waals surface area contributed by atoms with Gasteiger partial charge in [0.25, 0.3) is 0 Å². The molecule has 3 N–H and O–H groups in total. The van der Waals surface area contributed by atoms with Crippen molar-refractivity contribution in [3.05, 3.63) is 46.4 Å². The van der Waals surface area contributed by atoms with Crippen molar-refractivity contribution < 1.29 is 13.5 Å². The number of nitrogens with two attached hydrogens (primary N) is 1. The number of aromatic nitrogens is 3. The number of anilines is 1. The summed E-state index contributed by atoms with van der Waals surface area (Å²) in [6.45, 7) is 1.27. The highest BCUT2D eigenvalue weighted by Crippen LogP contribution is 2.39. The zero-order chi connectivity index (χ0) is 20.1. The van der Waals surface area contributed by atoms with E-state index in [0.717, 1.165) is 18.4 Å². The zero-order valence-corrected chi connectivity index (χ0v) is 16.3. The monoisotopic (exact) mass is 419 g/mol. The predicted octanol–water partition coefficient (Wildman–Crippen LogP) is 3.76. The first-order valence-corrected chi connectivity index (χ1v) is 10.0. The van der Waals surface area contributed by atoms with Crippen molar-refractivity contribution in [3.8, 4) is 5.75 Å². The number of nitrogens with zero attached hydrogens (tertiary/aromatic N) is 3. The summed E-state index contributed by atoms with van der Waals surface area (Å²) in [5, 5.41) is 3.59. The number of rotatable bonds is 3. The maximum absolute atomic E-state index is 14.4. The minimum Gasteiger partial charge on any atom is -0.490 e. The van der Waals surface area contributed by atoms with Gasteiger partial charge < -0.3 is 20.4 Å². The van der Waals surface area contributed by atoms with Gasteiger partial charge in [0.15, 0.2) is 5.82 Å². The number of halogens is 3. The molecule has 152 valence electrons. The number of hydrogen-bond acceptors (Lipinski definition) is 5. The van der Waals surface area contributed by atoms with Gasteiger partial charge in [-0.15, -0.1) is 0 Å². The van der Waals surface area contributed by atoms with E-state index in [9.17, 15) is 8.78 Å². The van der Waals surface area contributed by atoms with Crippen LogP contribution >= 0.6 is 11.6 Å². The van der Waals surface area contributed by atoms with Crippen LogP contribution in [0.2, 0.25) is 5.02 Å². The van der Waals surface area contributed by atoms with Gasteiger partial charge in [-0.2, -0.15) is 0 Å². The van der Waals surface area contributed by atoms with E-state index in [1.54, 1.807) is 6.07 Å². The number of fused-ring (bicyclic) bond motifs is 2. The van der Waals surface area contributed by atoms with E-state index in [1.807, 2.05) is 4.57 Å². The topological polar surface area (TPSA) is 78.0 Å². The molecule has 2 aliphatic rings. The summed E-state index contributed by atoms with van der Waals surface area (Å²) in [5.74, 6) is -0.0178. The fourth-order valence-electron chi connectivity index (χ4n) is 4.47. The number of nitrogens with one attached hydrogen (secondary N) is 1. The third-order valence-electron chi connectivity index (χ3n) is 5.88. The molecule has 5 rings (SSSR count). The fourth-order valence-corrected chi connectivity index (χ4v) is 4.69. The molecule has 3 heterocycles. The normalized spacial score (nSPS) is 21.5. The highest BCUT2D eigenvalue weighted by Gasteiger charge is 2.31. The quantitative estimate of drug-likeness (QED) is 0.675. The van der Waals surface area contributed by atoms with Gasteiger partial charge in [-0.1, -0.05) is 11.6 Å². The van der Waals surface area contributed by atoms with E-state index in [4.69, 9.17) is 22.1 Å². The fraction of sp³-hybridized carbons (Fsp3) is 0.400. The minimum atomic E-state index is -0.423. The van der Waals surface area contributed by atoms with Crippen LogP contribution in [0.25, 0.3) is 11.0 Å². The van der Waals surface area contributed by atoms with Crippen molar-refractivity contribution in [1.82, 2.24) is 19.9 Å². The lowest BCUT2D eigenvalue weighted by atomic mass is 9.99. The molecule has 0 radical (unpaired) electrons. The SMILES string of the molecule is Nc1ncnc2c1c(F)cn2C1CCC(Oc2cc(Cl)c(F)c3c2CNCC3)C1. The van der Waals surface area contributed by atoms with Gasteiger partial charge in [0.2, 0.25) is 0 Å². The summed E-state index contributed by atoms with van der Waals surface area (Å²) in [4.78, 5) is 8.09. The number of hydrogen-bond donors (Lipinski definition) is 2.